The van der Waals surface area contributed by atoms with Crippen molar-refractivity contribution in [2.24, 2.45) is 0 Å². The average Bonchev–Trinajstić information content (AvgIpc) is 3.16. The molecule has 2 aromatic carbocycles. The predicted molar refractivity (Wildman–Crippen MR) is 101 cm³/mol. The molecule has 8 heteroatoms. The van der Waals surface area contributed by atoms with Gasteiger partial charge in [-0.3, -0.25) is 9.59 Å². The Morgan fingerprint density at radius 1 is 1.21 bits per heavy atom. The highest BCUT2D eigenvalue weighted by Gasteiger charge is 2.30. The monoisotopic (exact) mass is 398 g/mol. The fraction of sp³-hybridized carbons (Fsp3) is 0.150. The molecule has 0 bridgehead atoms. The quantitative estimate of drug-likeness (QED) is 0.662. The summed E-state index contributed by atoms with van der Waals surface area (Å²) in [7, 11) is 0. The summed E-state index contributed by atoms with van der Waals surface area (Å²) in [5.41, 5.74) is 1.94. The van der Waals surface area contributed by atoms with Gasteiger partial charge in [0.25, 0.3) is 5.91 Å². The van der Waals surface area contributed by atoms with Gasteiger partial charge in [0.05, 0.1) is 17.8 Å². The fourth-order valence-electron chi connectivity index (χ4n) is 2.69. The van der Waals surface area contributed by atoms with Crippen molar-refractivity contribution in [1.82, 2.24) is 4.98 Å². The van der Waals surface area contributed by atoms with Gasteiger partial charge in [-0.2, -0.15) is 0 Å². The lowest BCUT2D eigenvalue weighted by Crippen LogP contribution is -2.38. The maximum absolute atomic E-state index is 13.0. The van der Waals surface area contributed by atoms with Crippen LogP contribution in [0.15, 0.2) is 53.9 Å². The molecule has 3 aromatic rings. The molecule has 1 amide bonds. The summed E-state index contributed by atoms with van der Waals surface area (Å²) in [6.07, 6.45) is -1.14. The molecule has 28 heavy (non-hydrogen) atoms. The van der Waals surface area contributed by atoms with Crippen molar-refractivity contribution >= 4 is 28.9 Å². The van der Waals surface area contributed by atoms with E-state index in [-0.39, 0.29) is 24.8 Å². The van der Waals surface area contributed by atoms with Gasteiger partial charge in [-0.05, 0) is 36.4 Å². The van der Waals surface area contributed by atoms with Crippen LogP contribution in [-0.4, -0.2) is 23.0 Å². The third-order valence-corrected chi connectivity index (χ3v) is 5.02. The number of ether oxygens (including phenoxy) is 2. The molecule has 6 nitrogen and oxygen atoms in total. The first-order valence-electron chi connectivity index (χ1n) is 8.51. The second-order valence-corrected chi connectivity index (χ2v) is 6.97. The summed E-state index contributed by atoms with van der Waals surface area (Å²) in [6, 6.07) is 13.0. The summed E-state index contributed by atoms with van der Waals surface area (Å²) < 4.78 is 23.8. The molecule has 2 heterocycles. The molecule has 1 unspecified atom stereocenters. The van der Waals surface area contributed by atoms with Crippen LogP contribution in [0, 0.1) is 5.82 Å². The molecule has 0 aliphatic carbocycles. The Labute approximate surface area is 163 Å². The van der Waals surface area contributed by atoms with Crippen LogP contribution in [0.25, 0.3) is 10.6 Å². The predicted octanol–water partition coefficient (Wildman–Crippen LogP) is 3.78. The number of hydrogen-bond donors (Lipinski definition) is 1. The number of hydrogen-bond acceptors (Lipinski definition) is 6. The molecular weight excluding hydrogens is 383 g/mol. The number of nitrogens with zero attached hydrogens (tertiary/aromatic N) is 1. The van der Waals surface area contributed by atoms with Gasteiger partial charge in [0.2, 0.25) is 0 Å². The number of para-hydroxylation sites is 2. The van der Waals surface area contributed by atoms with E-state index < -0.39 is 12.1 Å². The van der Waals surface area contributed by atoms with Gasteiger partial charge in [0.1, 0.15) is 23.2 Å². The van der Waals surface area contributed by atoms with Gasteiger partial charge in [-0.25, -0.2) is 9.37 Å². The van der Waals surface area contributed by atoms with E-state index in [0.29, 0.717) is 22.1 Å². The van der Waals surface area contributed by atoms with E-state index in [4.69, 9.17) is 9.47 Å². The molecule has 1 aromatic heterocycles. The van der Waals surface area contributed by atoms with Crippen molar-refractivity contribution in [3.63, 3.8) is 0 Å². The molecule has 1 atom stereocenters. The number of halogens is 1. The zero-order chi connectivity index (χ0) is 19.5. The Morgan fingerprint density at radius 2 is 2.00 bits per heavy atom. The maximum Gasteiger partial charge on any atom is 0.310 e. The van der Waals surface area contributed by atoms with E-state index in [2.05, 4.69) is 10.3 Å². The molecule has 0 saturated heterocycles. The van der Waals surface area contributed by atoms with Crippen molar-refractivity contribution in [3.05, 3.63) is 65.4 Å². The number of amides is 1. The second-order valence-electron chi connectivity index (χ2n) is 6.11. The Morgan fingerprint density at radius 3 is 2.82 bits per heavy atom. The standard InChI is InChI=1S/C20H15FN2O4S/c21-13-7-5-12(6-8-13)20-22-14(11-28-20)10-26-18(24)9-17-19(25)23-15-3-1-2-4-16(15)27-17/h1-8,11,17H,9-10H2,(H,23,25). The fourth-order valence-corrected chi connectivity index (χ4v) is 3.50. The van der Waals surface area contributed by atoms with Crippen molar-refractivity contribution in [2.75, 3.05) is 5.32 Å². The van der Waals surface area contributed by atoms with E-state index in [9.17, 15) is 14.0 Å². The molecule has 0 saturated carbocycles. The summed E-state index contributed by atoms with van der Waals surface area (Å²) >= 11 is 1.37. The van der Waals surface area contributed by atoms with Crippen molar-refractivity contribution in [2.45, 2.75) is 19.1 Å². The highest BCUT2D eigenvalue weighted by Crippen LogP contribution is 2.30. The first-order valence-corrected chi connectivity index (χ1v) is 9.39. The van der Waals surface area contributed by atoms with Crippen molar-refractivity contribution < 1.29 is 23.5 Å². The van der Waals surface area contributed by atoms with Crippen LogP contribution in [0.4, 0.5) is 10.1 Å². The smallest absolute Gasteiger partial charge is 0.310 e. The highest BCUT2D eigenvalue weighted by atomic mass is 32.1. The van der Waals surface area contributed by atoms with Crippen molar-refractivity contribution in [1.29, 1.82) is 0 Å². The number of aromatic nitrogens is 1. The van der Waals surface area contributed by atoms with Crippen LogP contribution in [-0.2, 0) is 20.9 Å². The lowest BCUT2D eigenvalue weighted by molar-refractivity contribution is -0.149. The molecule has 0 fully saturated rings. The zero-order valence-electron chi connectivity index (χ0n) is 14.6. The van der Waals surface area contributed by atoms with E-state index >= 15 is 0 Å². The van der Waals surface area contributed by atoms with Gasteiger partial charge in [0.15, 0.2) is 6.10 Å². The average molecular weight is 398 g/mol. The number of anilines is 1. The first kappa shape index (κ1) is 18.1. The molecule has 0 spiro atoms. The molecular formula is C20H15FN2O4S. The SMILES string of the molecule is O=C(CC1Oc2ccccc2NC1=O)OCc1csc(-c2ccc(F)cc2)n1. The Kier molecular flexibility index (Phi) is 5.03. The number of fused-ring (bicyclic) bond motifs is 1. The third kappa shape index (κ3) is 4.01. The van der Waals surface area contributed by atoms with Gasteiger partial charge in [-0.1, -0.05) is 12.1 Å². The number of carbonyl (C=O) groups is 2. The van der Waals surface area contributed by atoms with Gasteiger partial charge in [0, 0.05) is 10.9 Å². The van der Waals surface area contributed by atoms with E-state index in [1.807, 2.05) is 0 Å². The van der Waals surface area contributed by atoms with Crippen molar-refractivity contribution in [3.8, 4) is 16.3 Å². The van der Waals surface area contributed by atoms with Crippen LogP contribution in [0.3, 0.4) is 0 Å². The van der Waals surface area contributed by atoms with E-state index in [1.165, 1.54) is 23.5 Å². The Bertz CT molecular complexity index is 1020. The highest BCUT2D eigenvalue weighted by molar-refractivity contribution is 7.13. The van der Waals surface area contributed by atoms with E-state index in [0.717, 1.165) is 5.56 Å². The molecule has 4 rings (SSSR count). The molecule has 1 aliphatic heterocycles. The summed E-state index contributed by atoms with van der Waals surface area (Å²) in [5, 5.41) is 5.18. The number of nitrogens with one attached hydrogen (secondary N) is 1. The second kappa shape index (κ2) is 7.77. The van der Waals surface area contributed by atoms with Gasteiger partial charge in [-0.15, -0.1) is 11.3 Å². The minimum atomic E-state index is -0.937. The number of benzene rings is 2. The molecule has 142 valence electrons. The number of rotatable bonds is 5. The zero-order valence-corrected chi connectivity index (χ0v) is 15.4. The van der Waals surface area contributed by atoms with E-state index in [1.54, 1.807) is 41.8 Å². The normalized spacial score (nSPS) is 15.3. The Hall–Kier alpha value is -3.26. The lowest BCUT2D eigenvalue weighted by Gasteiger charge is -2.25. The maximum atomic E-state index is 13.0. The summed E-state index contributed by atoms with van der Waals surface area (Å²) in [5.74, 6) is -0.742. The number of esters is 1. The number of thiazole rings is 1. The largest absolute Gasteiger partial charge is 0.478 e. The molecule has 1 aliphatic rings. The third-order valence-electron chi connectivity index (χ3n) is 4.08. The van der Waals surface area contributed by atoms with Crippen LogP contribution >= 0.6 is 11.3 Å². The summed E-state index contributed by atoms with van der Waals surface area (Å²) in [4.78, 5) is 28.6. The molecule has 1 N–H and O–H groups in total. The minimum absolute atomic E-state index is 0.0124. The van der Waals surface area contributed by atoms with Crippen LogP contribution in [0.1, 0.15) is 12.1 Å². The van der Waals surface area contributed by atoms with Gasteiger partial charge < -0.3 is 14.8 Å². The van der Waals surface area contributed by atoms with Crippen LogP contribution in [0.2, 0.25) is 0 Å². The lowest BCUT2D eigenvalue weighted by atomic mass is 10.1. The summed E-state index contributed by atoms with van der Waals surface area (Å²) in [6.45, 7) is -0.0124. The first-order chi connectivity index (χ1) is 13.6. The Balaban J connectivity index is 1.33. The van der Waals surface area contributed by atoms with Crippen LogP contribution < -0.4 is 10.1 Å². The van der Waals surface area contributed by atoms with Gasteiger partial charge >= 0.3 is 5.97 Å². The minimum Gasteiger partial charge on any atom is -0.478 e. The molecule has 0 radical (unpaired) electrons. The number of carbonyl (C=O) groups excluding carboxylic acids is 2. The van der Waals surface area contributed by atoms with Crippen LogP contribution in [0.5, 0.6) is 5.75 Å². The topological polar surface area (TPSA) is 77.5 Å².